The minimum absolute atomic E-state index is 0.206. The van der Waals surface area contributed by atoms with Crippen molar-refractivity contribution < 1.29 is 4.79 Å². The normalized spacial score (nSPS) is 10.7. The molecule has 0 atom stereocenters. The SMILES string of the molecule is CCN(CC)c1ncc(Cl)c(C(=O)NCCCc2nc(-c3ccncc3)cs2)n1. The molecule has 3 aromatic rings. The molecule has 3 heterocycles. The molecule has 0 aliphatic carbocycles. The lowest BCUT2D eigenvalue weighted by molar-refractivity contribution is 0.0948. The summed E-state index contributed by atoms with van der Waals surface area (Å²) in [6.45, 7) is 6.06. The number of amides is 1. The van der Waals surface area contributed by atoms with Gasteiger partial charge in [-0.15, -0.1) is 11.3 Å². The quantitative estimate of drug-likeness (QED) is 0.519. The van der Waals surface area contributed by atoms with Gasteiger partial charge in [0, 0.05) is 49.4 Å². The number of aromatic nitrogens is 4. The van der Waals surface area contributed by atoms with Crippen LogP contribution in [0.25, 0.3) is 11.3 Å². The molecule has 1 amide bonds. The van der Waals surface area contributed by atoms with Gasteiger partial charge in [-0.05, 0) is 32.4 Å². The van der Waals surface area contributed by atoms with Crippen LogP contribution in [-0.2, 0) is 6.42 Å². The maximum absolute atomic E-state index is 12.5. The van der Waals surface area contributed by atoms with E-state index in [1.54, 1.807) is 23.7 Å². The molecule has 0 saturated heterocycles. The minimum atomic E-state index is -0.289. The molecule has 0 bridgehead atoms. The first-order valence-corrected chi connectivity index (χ1v) is 10.8. The Hall–Kier alpha value is -2.58. The number of nitrogens with one attached hydrogen (secondary N) is 1. The second-order valence-corrected chi connectivity index (χ2v) is 7.61. The third kappa shape index (κ3) is 5.48. The number of carbonyl (C=O) groups is 1. The average molecular weight is 431 g/mol. The van der Waals surface area contributed by atoms with E-state index >= 15 is 0 Å². The molecule has 0 unspecified atom stereocenters. The summed E-state index contributed by atoms with van der Waals surface area (Å²) in [6.07, 6.45) is 6.56. The van der Waals surface area contributed by atoms with Crippen LogP contribution in [0.4, 0.5) is 5.95 Å². The fraction of sp³-hybridized carbons (Fsp3) is 0.350. The lowest BCUT2D eigenvalue weighted by atomic mass is 10.2. The van der Waals surface area contributed by atoms with Gasteiger partial charge in [0.15, 0.2) is 5.69 Å². The number of carbonyl (C=O) groups excluding carboxylic acids is 1. The van der Waals surface area contributed by atoms with Gasteiger partial charge < -0.3 is 10.2 Å². The lowest BCUT2D eigenvalue weighted by Gasteiger charge is -2.19. The van der Waals surface area contributed by atoms with Crippen LogP contribution in [0.15, 0.2) is 36.1 Å². The lowest BCUT2D eigenvalue weighted by Crippen LogP contribution is -2.29. The highest BCUT2D eigenvalue weighted by Gasteiger charge is 2.16. The number of anilines is 1. The third-order valence-electron chi connectivity index (χ3n) is 4.37. The molecule has 0 aliphatic rings. The molecular formula is C20H23ClN6OS. The van der Waals surface area contributed by atoms with Crippen molar-refractivity contribution in [1.82, 2.24) is 25.3 Å². The Bertz CT molecular complexity index is 945. The predicted octanol–water partition coefficient (Wildman–Crippen LogP) is 3.86. The first-order chi connectivity index (χ1) is 14.1. The second kappa shape index (κ2) is 10.3. The van der Waals surface area contributed by atoms with Crippen LogP contribution < -0.4 is 10.2 Å². The van der Waals surface area contributed by atoms with E-state index in [9.17, 15) is 4.79 Å². The van der Waals surface area contributed by atoms with E-state index in [-0.39, 0.29) is 16.6 Å². The van der Waals surface area contributed by atoms with E-state index in [1.807, 2.05) is 36.3 Å². The number of aryl methyl sites for hydroxylation is 1. The maximum Gasteiger partial charge on any atom is 0.271 e. The zero-order valence-corrected chi connectivity index (χ0v) is 18.0. The molecule has 9 heteroatoms. The molecule has 0 aliphatic heterocycles. The molecule has 0 fully saturated rings. The molecule has 0 radical (unpaired) electrons. The number of hydrogen-bond acceptors (Lipinski definition) is 7. The van der Waals surface area contributed by atoms with Crippen molar-refractivity contribution >= 4 is 34.8 Å². The van der Waals surface area contributed by atoms with E-state index in [2.05, 4.69) is 25.3 Å². The fourth-order valence-electron chi connectivity index (χ4n) is 2.78. The van der Waals surface area contributed by atoms with Crippen molar-refractivity contribution in [3.05, 3.63) is 51.8 Å². The van der Waals surface area contributed by atoms with Gasteiger partial charge in [-0.25, -0.2) is 15.0 Å². The van der Waals surface area contributed by atoms with Crippen molar-refractivity contribution in [2.45, 2.75) is 26.7 Å². The molecular weight excluding hydrogens is 408 g/mol. The van der Waals surface area contributed by atoms with E-state index in [4.69, 9.17) is 11.6 Å². The summed E-state index contributed by atoms with van der Waals surface area (Å²) >= 11 is 7.76. The molecule has 1 N–H and O–H groups in total. The number of rotatable bonds is 9. The summed E-state index contributed by atoms with van der Waals surface area (Å²) in [4.78, 5) is 31.7. The van der Waals surface area contributed by atoms with E-state index in [0.29, 0.717) is 12.5 Å². The van der Waals surface area contributed by atoms with Crippen molar-refractivity contribution in [1.29, 1.82) is 0 Å². The summed E-state index contributed by atoms with van der Waals surface area (Å²) in [5.41, 5.74) is 2.21. The summed E-state index contributed by atoms with van der Waals surface area (Å²) in [5, 5.41) is 6.21. The van der Waals surface area contributed by atoms with Crippen molar-refractivity contribution in [2.75, 3.05) is 24.5 Å². The summed E-state index contributed by atoms with van der Waals surface area (Å²) in [6, 6.07) is 3.88. The number of nitrogens with zero attached hydrogens (tertiary/aromatic N) is 5. The van der Waals surface area contributed by atoms with Gasteiger partial charge in [0.25, 0.3) is 5.91 Å². The summed E-state index contributed by atoms with van der Waals surface area (Å²) in [5.74, 6) is 0.221. The first kappa shape index (κ1) is 21.1. The summed E-state index contributed by atoms with van der Waals surface area (Å²) in [7, 11) is 0. The Kier molecular flexibility index (Phi) is 7.48. The number of halogens is 1. The van der Waals surface area contributed by atoms with Crippen LogP contribution in [-0.4, -0.2) is 45.5 Å². The Balaban J connectivity index is 1.53. The standard InChI is InChI=1S/C20H23ClN6OS/c1-3-27(4-2)20-24-12-15(21)18(26-20)19(28)23-9-5-6-17-25-16(13-29-17)14-7-10-22-11-8-14/h7-8,10-13H,3-6,9H2,1-2H3,(H,23,28). The monoisotopic (exact) mass is 430 g/mol. The van der Waals surface area contributed by atoms with Gasteiger partial charge in [-0.2, -0.15) is 0 Å². The van der Waals surface area contributed by atoms with Crippen LogP contribution in [0, 0.1) is 0 Å². The van der Waals surface area contributed by atoms with Crippen LogP contribution in [0.3, 0.4) is 0 Å². The minimum Gasteiger partial charge on any atom is -0.351 e. The molecule has 0 saturated carbocycles. The smallest absolute Gasteiger partial charge is 0.271 e. The van der Waals surface area contributed by atoms with Crippen LogP contribution in [0.1, 0.15) is 35.8 Å². The maximum atomic E-state index is 12.5. The average Bonchev–Trinajstić information content (AvgIpc) is 3.22. The second-order valence-electron chi connectivity index (χ2n) is 6.26. The van der Waals surface area contributed by atoms with Gasteiger partial charge in [-0.1, -0.05) is 11.6 Å². The van der Waals surface area contributed by atoms with Crippen molar-refractivity contribution in [3.8, 4) is 11.3 Å². The molecule has 3 aromatic heterocycles. The van der Waals surface area contributed by atoms with Crippen molar-refractivity contribution in [2.24, 2.45) is 0 Å². The highest BCUT2D eigenvalue weighted by molar-refractivity contribution is 7.09. The zero-order chi connectivity index (χ0) is 20.6. The molecule has 0 aromatic carbocycles. The Labute approximate surface area is 179 Å². The van der Waals surface area contributed by atoms with Crippen LogP contribution >= 0.6 is 22.9 Å². The van der Waals surface area contributed by atoms with E-state index in [0.717, 1.165) is 42.2 Å². The molecule has 0 spiro atoms. The number of hydrogen-bond donors (Lipinski definition) is 1. The Morgan fingerprint density at radius 2 is 1.97 bits per heavy atom. The first-order valence-electron chi connectivity index (χ1n) is 9.52. The van der Waals surface area contributed by atoms with E-state index < -0.39 is 0 Å². The van der Waals surface area contributed by atoms with Crippen LogP contribution in [0.2, 0.25) is 5.02 Å². The number of thiazole rings is 1. The topological polar surface area (TPSA) is 83.9 Å². The Morgan fingerprint density at radius 1 is 1.21 bits per heavy atom. The molecule has 7 nitrogen and oxygen atoms in total. The molecule has 3 rings (SSSR count). The van der Waals surface area contributed by atoms with Gasteiger partial charge in [-0.3, -0.25) is 9.78 Å². The predicted molar refractivity (Wildman–Crippen MR) is 117 cm³/mol. The van der Waals surface area contributed by atoms with E-state index in [1.165, 1.54) is 6.20 Å². The summed E-state index contributed by atoms with van der Waals surface area (Å²) < 4.78 is 0. The molecule has 152 valence electrons. The zero-order valence-electron chi connectivity index (χ0n) is 16.4. The fourth-order valence-corrected chi connectivity index (χ4v) is 3.81. The van der Waals surface area contributed by atoms with Gasteiger partial charge >= 0.3 is 0 Å². The van der Waals surface area contributed by atoms with Crippen molar-refractivity contribution in [3.63, 3.8) is 0 Å². The number of pyridine rings is 1. The van der Waals surface area contributed by atoms with Gasteiger partial charge in [0.05, 0.1) is 21.9 Å². The highest BCUT2D eigenvalue weighted by atomic mass is 35.5. The third-order valence-corrected chi connectivity index (χ3v) is 5.56. The van der Waals surface area contributed by atoms with Crippen LogP contribution in [0.5, 0.6) is 0 Å². The van der Waals surface area contributed by atoms with Gasteiger partial charge in [0.1, 0.15) is 0 Å². The highest BCUT2D eigenvalue weighted by Crippen LogP contribution is 2.22. The van der Waals surface area contributed by atoms with Gasteiger partial charge in [0.2, 0.25) is 5.95 Å². The largest absolute Gasteiger partial charge is 0.351 e. The Morgan fingerprint density at radius 3 is 2.69 bits per heavy atom. The molecule has 29 heavy (non-hydrogen) atoms.